The van der Waals surface area contributed by atoms with E-state index in [9.17, 15) is 4.79 Å². The van der Waals surface area contributed by atoms with Crippen molar-refractivity contribution >= 4 is 11.7 Å². The molecule has 0 unspecified atom stereocenters. The van der Waals surface area contributed by atoms with Crippen molar-refractivity contribution in [1.29, 1.82) is 0 Å². The van der Waals surface area contributed by atoms with Crippen molar-refractivity contribution in [2.75, 3.05) is 38.1 Å². The highest BCUT2D eigenvalue weighted by Gasteiger charge is 2.16. The first-order valence-corrected chi connectivity index (χ1v) is 10.6. The summed E-state index contributed by atoms with van der Waals surface area (Å²) in [6, 6.07) is 15.3. The van der Waals surface area contributed by atoms with Gasteiger partial charge in [-0.1, -0.05) is 24.3 Å². The Morgan fingerprint density at radius 1 is 1.10 bits per heavy atom. The van der Waals surface area contributed by atoms with Gasteiger partial charge in [-0.25, -0.2) is 4.98 Å². The number of pyridine rings is 1. The van der Waals surface area contributed by atoms with E-state index in [1.54, 1.807) is 6.07 Å². The van der Waals surface area contributed by atoms with Crippen molar-refractivity contribution in [3.05, 3.63) is 77.9 Å². The second-order valence-corrected chi connectivity index (χ2v) is 7.73. The fourth-order valence-corrected chi connectivity index (χ4v) is 3.57. The molecule has 4 rings (SSSR count). The number of furan rings is 1. The summed E-state index contributed by atoms with van der Waals surface area (Å²) in [6.07, 6.45) is 4.47. The number of benzene rings is 1. The summed E-state index contributed by atoms with van der Waals surface area (Å²) in [4.78, 5) is 21.9. The Labute approximate surface area is 182 Å². The Morgan fingerprint density at radius 3 is 2.77 bits per heavy atom. The fourth-order valence-electron chi connectivity index (χ4n) is 3.57. The van der Waals surface area contributed by atoms with Crippen LogP contribution in [0.3, 0.4) is 0 Å². The first-order chi connectivity index (χ1) is 15.2. The Bertz CT molecular complexity index is 972. The van der Waals surface area contributed by atoms with E-state index < -0.39 is 0 Å². The third-order valence-corrected chi connectivity index (χ3v) is 5.40. The number of nitrogens with one attached hydrogen (secondary N) is 1. The van der Waals surface area contributed by atoms with Gasteiger partial charge in [-0.2, -0.15) is 0 Å². The van der Waals surface area contributed by atoms with Crippen LogP contribution >= 0.6 is 0 Å². The molecule has 1 N–H and O–H groups in total. The van der Waals surface area contributed by atoms with Crippen LogP contribution in [-0.2, 0) is 13.2 Å². The minimum atomic E-state index is -0.267. The number of anilines is 1. The van der Waals surface area contributed by atoms with E-state index in [0.29, 0.717) is 12.1 Å². The predicted octanol–water partition coefficient (Wildman–Crippen LogP) is 3.33. The molecule has 0 atom stereocenters. The van der Waals surface area contributed by atoms with Gasteiger partial charge in [0.25, 0.3) is 5.91 Å². The number of carbonyl (C=O) groups is 1. The maximum Gasteiger partial charge on any atom is 0.287 e. The molecule has 3 heterocycles. The molecule has 0 saturated carbocycles. The summed E-state index contributed by atoms with van der Waals surface area (Å²) < 4.78 is 11.1. The van der Waals surface area contributed by atoms with Crippen LogP contribution in [0, 0.1) is 0 Å². The van der Waals surface area contributed by atoms with Crippen LogP contribution in [0.25, 0.3) is 0 Å². The molecule has 2 aromatic heterocycles. The standard InChI is InChI=1S/C24H28N4O3/c1-27-11-5-12-28(14-13-27)22-9-8-19(16-25-22)17-26-24(29)23-20(10-15-30-23)18-31-21-6-3-2-4-7-21/h2-4,6-10,15-16H,5,11-14,17-18H2,1H3,(H,26,29). The van der Waals surface area contributed by atoms with Crippen LogP contribution in [0.15, 0.2) is 65.4 Å². The van der Waals surface area contributed by atoms with E-state index in [4.69, 9.17) is 9.15 Å². The number of aromatic nitrogens is 1. The second-order valence-electron chi connectivity index (χ2n) is 7.73. The maximum absolute atomic E-state index is 12.6. The molecule has 0 aliphatic carbocycles. The quantitative estimate of drug-likeness (QED) is 0.632. The Morgan fingerprint density at radius 2 is 1.97 bits per heavy atom. The van der Waals surface area contributed by atoms with Gasteiger partial charge in [0.1, 0.15) is 18.2 Å². The SMILES string of the molecule is CN1CCCN(c2ccc(CNC(=O)c3occc3COc3ccccc3)cn2)CC1. The molecule has 1 saturated heterocycles. The first kappa shape index (κ1) is 20.9. The van der Waals surface area contributed by atoms with Crippen LogP contribution in [-0.4, -0.2) is 49.0 Å². The predicted molar refractivity (Wildman–Crippen MR) is 119 cm³/mol. The average Bonchev–Trinajstić information content (AvgIpc) is 3.17. The van der Waals surface area contributed by atoms with Crippen molar-refractivity contribution in [2.45, 2.75) is 19.6 Å². The van der Waals surface area contributed by atoms with Crippen molar-refractivity contribution in [3.63, 3.8) is 0 Å². The number of hydrogen-bond acceptors (Lipinski definition) is 6. The lowest BCUT2D eigenvalue weighted by atomic mass is 10.2. The summed E-state index contributed by atoms with van der Waals surface area (Å²) in [5.74, 6) is 1.74. The highest BCUT2D eigenvalue weighted by atomic mass is 16.5. The van der Waals surface area contributed by atoms with Gasteiger partial charge in [0.2, 0.25) is 0 Å². The van der Waals surface area contributed by atoms with Gasteiger partial charge in [-0.05, 0) is 49.8 Å². The Hall–Kier alpha value is -3.32. The Balaban J connectivity index is 1.30. The lowest BCUT2D eigenvalue weighted by molar-refractivity contribution is 0.0919. The third kappa shape index (κ3) is 5.64. The summed E-state index contributed by atoms with van der Waals surface area (Å²) in [6.45, 7) is 4.80. The molecule has 0 bridgehead atoms. The van der Waals surface area contributed by atoms with E-state index in [2.05, 4.69) is 27.1 Å². The van der Waals surface area contributed by atoms with Crippen molar-refractivity contribution in [1.82, 2.24) is 15.2 Å². The van der Waals surface area contributed by atoms with Gasteiger partial charge in [0, 0.05) is 37.9 Å². The van der Waals surface area contributed by atoms with Crippen molar-refractivity contribution in [2.24, 2.45) is 0 Å². The highest BCUT2D eigenvalue weighted by Crippen LogP contribution is 2.17. The van der Waals surface area contributed by atoms with Crippen LogP contribution in [0.1, 0.15) is 28.1 Å². The highest BCUT2D eigenvalue weighted by molar-refractivity contribution is 5.92. The number of nitrogens with zero attached hydrogens (tertiary/aromatic N) is 3. The molecule has 3 aromatic rings. The van der Waals surface area contributed by atoms with Gasteiger partial charge in [-0.3, -0.25) is 4.79 Å². The molecule has 1 amide bonds. The van der Waals surface area contributed by atoms with Crippen LogP contribution in [0.2, 0.25) is 0 Å². The van der Waals surface area contributed by atoms with Crippen molar-refractivity contribution in [3.8, 4) is 5.75 Å². The van der Waals surface area contributed by atoms with Crippen LogP contribution in [0.4, 0.5) is 5.82 Å². The topological polar surface area (TPSA) is 70.8 Å². The summed E-state index contributed by atoms with van der Waals surface area (Å²) >= 11 is 0. The zero-order valence-electron chi connectivity index (χ0n) is 17.8. The molecule has 31 heavy (non-hydrogen) atoms. The minimum Gasteiger partial charge on any atom is -0.489 e. The fraction of sp³-hybridized carbons (Fsp3) is 0.333. The lowest BCUT2D eigenvalue weighted by Gasteiger charge is -2.21. The summed E-state index contributed by atoms with van der Waals surface area (Å²) in [5, 5.41) is 2.91. The molecule has 162 valence electrons. The van der Waals surface area contributed by atoms with Gasteiger partial charge < -0.3 is 24.3 Å². The molecule has 1 fully saturated rings. The lowest BCUT2D eigenvalue weighted by Crippen LogP contribution is -2.29. The zero-order valence-corrected chi connectivity index (χ0v) is 17.8. The third-order valence-electron chi connectivity index (χ3n) is 5.40. The molecule has 1 aliphatic rings. The molecule has 1 aliphatic heterocycles. The van der Waals surface area contributed by atoms with E-state index in [1.807, 2.05) is 48.7 Å². The van der Waals surface area contributed by atoms with Gasteiger partial charge in [0.05, 0.1) is 6.26 Å². The molecule has 0 spiro atoms. The normalized spacial score (nSPS) is 14.8. The second kappa shape index (κ2) is 10.1. The summed E-state index contributed by atoms with van der Waals surface area (Å²) in [5.41, 5.74) is 1.65. The van der Waals surface area contributed by atoms with E-state index in [-0.39, 0.29) is 18.3 Å². The van der Waals surface area contributed by atoms with Gasteiger partial charge >= 0.3 is 0 Å². The average molecular weight is 421 g/mol. The largest absolute Gasteiger partial charge is 0.489 e. The summed E-state index contributed by atoms with van der Waals surface area (Å²) in [7, 11) is 2.15. The molecule has 7 heteroatoms. The molecule has 7 nitrogen and oxygen atoms in total. The van der Waals surface area contributed by atoms with Gasteiger partial charge in [0.15, 0.2) is 5.76 Å². The first-order valence-electron chi connectivity index (χ1n) is 10.6. The number of ether oxygens (including phenoxy) is 1. The number of likely N-dealkylation sites (N-methyl/N-ethyl adjacent to an activating group) is 1. The van der Waals surface area contributed by atoms with Crippen LogP contribution < -0.4 is 15.0 Å². The monoisotopic (exact) mass is 420 g/mol. The zero-order chi connectivity index (χ0) is 21.5. The molecule has 0 radical (unpaired) electrons. The number of para-hydroxylation sites is 1. The smallest absolute Gasteiger partial charge is 0.287 e. The minimum absolute atomic E-state index is 0.267. The number of rotatable bonds is 7. The van der Waals surface area contributed by atoms with Crippen LogP contribution in [0.5, 0.6) is 5.75 Å². The van der Waals surface area contributed by atoms with Gasteiger partial charge in [-0.15, -0.1) is 0 Å². The molecule has 1 aromatic carbocycles. The number of hydrogen-bond donors (Lipinski definition) is 1. The number of carbonyl (C=O) groups excluding carboxylic acids is 1. The molecular formula is C24H28N4O3. The van der Waals surface area contributed by atoms with E-state index in [1.165, 1.54) is 6.26 Å². The van der Waals surface area contributed by atoms with E-state index in [0.717, 1.165) is 49.7 Å². The number of amides is 1. The molecular weight excluding hydrogens is 392 g/mol. The Kier molecular flexibility index (Phi) is 6.84. The van der Waals surface area contributed by atoms with E-state index >= 15 is 0 Å². The maximum atomic E-state index is 12.6. The van der Waals surface area contributed by atoms with Crippen molar-refractivity contribution < 1.29 is 13.9 Å².